The molecule has 0 aromatic rings. The van der Waals surface area contributed by atoms with Crippen LogP contribution in [0.4, 0.5) is 4.79 Å². The monoisotopic (exact) mass is 281 g/mol. The van der Waals surface area contributed by atoms with E-state index < -0.39 is 0 Å². The van der Waals surface area contributed by atoms with E-state index in [2.05, 4.69) is 4.90 Å². The molecule has 2 bridgehead atoms. The number of rotatable bonds is 1. The fraction of sp³-hybridized carbons (Fsp3) is 0.875. The molecule has 4 heteroatoms. The number of halogens is 1. The van der Waals surface area contributed by atoms with Crippen LogP contribution in [0.25, 0.3) is 0 Å². The highest BCUT2D eigenvalue weighted by atomic mass is 127. The Morgan fingerprint density at radius 1 is 1.42 bits per heavy atom. The third kappa shape index (κ3) is 1.74. The molecule has 0 aliphatic carbocycles. The van der Waals surface area contributed by atoms with Crippen LogP contribution in [0.1, 0.15) is 12.8 Å². The van der Waals surface area contributed by atoms with Gasteiger partial charge in [-0.05, 0) is 31.8 Å². The largest absolute Gasteiger partial charge is 0.453 e. The van der Waals surface area contributed by atoms with Crippen molar-refractivity contribution < 1.29 is 9.53 Å². The lowest BCUT2D eigenvalue weighted by molar-refractivity contribution is -0.0238. The Morgan fingerprint density at radius 3 is 2.50 bits per heavy atom. The summed E-state index contributed by atoms with van der Waals surface area (Å²) in [5, 5.41) is 0. The third-order valence-electron chi connectivity index (χ3n) is 2.84. The van der Waals surface area contributed by atoms with Crippen LogP contribution in [0.3, 0.4) is 0 Å². The first kappa shape index (κ1) is 8.74. The number of carbonyl (C=O) groups excluding carboxylic acids is 1. The van der Waals surface area contributed by atoms with Gasteiger partial charge in [0.25, 0.3) is 0 Å². The highest BCUT2D eigenvalue weighted by Crippen LogP contribution is 2.29. The highest BCUT2D eigenvalue weighted by Gasteiger charge is 2.35. The third-order valence-corrected chi connectivity index (χ3v) is 3.09. The minimum absolute atomic E-state index is 0.161. The smallest absolute Gasteiger partial charge is 0.367 e. The summed E-state index contributed by atoms with van der Waals surface area (Å²) in [5.74, 6) is 0.633. The molecule has 12 heavy (non-hydrogen) atoms. The van der Waals surface area contributed by atoms with E-state index in [1.54, 1.807) is 22.6 Å². The Kier molecular flexibility index (Phi) is 2.55. The maximum atomic E-state index is 10.7. The SMILES string of the molecule is O=C(I)O[C@H]1CN2CCC1CC2. The molecular formula is C8H12INO2. The predicted octanol–water partition coefficient (Wildman–Crippen LogP) is 1.65. The first-order valence-electron chi connectivity index (χ1n) is 4.34. The fourth-order valence-electron chi connectivity index (χ4n) is 2.16. The summed E-state index contributed by atoms with van der Waals surface area (Å²) >= 11 is 1.71. The van der Waals surface area contributed by atoms with Crippen LogP contribution in [-0.4, -0.2) is 34.6 Å². The zero-order valence-corrected chi connectivity index (χ0v) is 8.99. The molecule has 3 nitrogen and oxygen atoms in total. The van der Waals surface area contributed by atoms with Crippen LogP contribution >= 0.6 is 22.6 Å². The summed E-state index contributed by atoms with van der Waals surface area (Å²) in [6.07, 6.45) is 2.58. The van der Waals surface area contributed by atoms with Gasteiger partial charge in [0.05, 0.1) is 22.6 Å². The molecule has 1 atom stereocenters. The first-order valence-corrected chi connectivity index (χ1v) is 5.42. The van der Waals surface area contributed by atoms with Gasteiger partial charge in [0.15, 0.2) is 0 Å². The van der Waals surface area contributed by atoms with Gasteiger partial charge in [0.2, 0.25) is 0 Å². The van der Waals surface area contributed by atoms with Crippen LogP contribution < -0.4 is 0 Å². The number of nitrogens with zero attached hydrogens (tertiary/aromatic N) is 1. The van der Waals surface area contributed by atoms with Gasteiger partial charge in [-0.25, -0.2) is 4.79 Å². The summed E-state index contributed by atoms with van der Waals surface area (Å²) in [6.45, 7) is 3.35. The number of ether oxygens (including phenoxy) is 1. The molecule has 3 rings (SSSR count). The summed E-state index contributed by atoms with van der Waals surface area (Å²) in [5.41, 5.74) is 0. The molecular weight excluding hydrogens is 269 g/mol. The van der Waals surface area contributed by atoms with E-state index in [0.717, 1.165) is 6.54 Å². The average Bonchev–Trinajstić information content (AvgIpc) is 2.05. The van der Waals surface area contributed by atoms with Crippen molar-refractivity contribution in [3.05, 3.63) is 0 Å². The van der Waals surface area contributed by atoms with E-state index >= 15 is 0 Å². The lowest BCUT2D eigenvalue weighted by Crippen LogP contribution is -2.51. The Morgan fingerprint density at radius 2 is 2.08 bits per heavy atom. The molecule has 0 unspecified atom stereocenters. The molecule has 0 radical (unpaired) electrons. The van der Waals surface area contributed by atoms with Crippen LogP contribution in [-0.2, 0) is 4.74 Å². The normalized spacial score (nSPS) is 39.6. The van der Waals surface area contributed by atoms with Crippen molar-refractivity contribution in [1.29, 1.82) is 0 Å². The summed E-state index contributed by atoms with van der Waals surface area (Å²) < 4.78 is 5.07. The predicted molar refractivity (Wildman–Crippen MR) is 53.5 cm³/mol. The summed E-state index contributed by atoms with van der Waals surface area (Å²) in [4.78, 5) is 13.1. The maximum absolute atomic E-state index is 10.7. The van der Waals surface area contributed by atoms with E-state index in [9.17, 15) is 4.79 Å². The molecule has 0 spiro atoms. The quantitative estimate of drug-likeness (QED) is 0.540. The van der Waals surface area contributed by atoms with Crippen molar-refractivity contribution in [2.45, 2.75) is 18.9 Å². The van der Waals surface area contributed by atoms with Gasteiger partial charge in [-0.2, -0.15) is 0 Å². The van der Waals surface area contributed by atoms with Crippen molar-refractivity contribution in [2.75, 3.05) is 19.6 Å². The molecule has 3 saturated heterocycles. The minimum Gasteiger partial charge on any atom is -0.453 e. The molecule has 3 heterocycles. The zero-order valence-electron chi connectivity index (χ0n) is 6.83. The lowest BCUT2D eigenvalue weighted by Gasteiger charge is -2.43. The topological polar surface area (TPSA) is 29.5 Å². The fourth-order valence-corrected chi connectivity index (χ4v) is 2.49. The van der Waals surface area contributed by atoms with Crippen LogP contribution in [0.2, 0.25) is 0 Å². The number of hydrogen-bond donors (Lipinski definition) is 0. The summed E-state index contributed by atoms with van der Waals surface area (Å²) in [6, 6.07) is 0. The average molecular weight is 281 g/mol. The Labute approximate surface area is 85.6 Å². The Hall–Kier alpha value is 0.160. The molecule has 3 aliphatic rings. The summed E-state index contributed by atoms with van der Waals surface area (Å²) in [7, 11) is 0. The Balaban J connectivity index is 1.95. The minimum atomic E-state index is -0.161. The molecule has 0 aromatic heterocycles. The number of carbonyl (C=O) groups is 1. The maximum Gasteiger partial charge on any atom is 0.367 e. The van der Waals surface area contributed by atoms with Crippen LogP contribution in [0.5, 0.6) is 0 Å². The Bertz CT molecular complexity index is 189. The number of hydrogen-bond acceptors (Lipinski definition) is 3. The molecule has 0 aromatic carbocycles. The van der Waals surface area contributed by atoms with Gasteiger partial charge in [0, 0.05) is 6.54 Å². The van der Waals surface area contributed by atoms with Gasteiger partial charge < -0.3 is 4.74 Å². The zero-order chi connectivity index (χ0) is 8.55. The highest BCUT2D eigenvalue weighted by molar-refractivity contribution is 14.1. The standard InChI is InChI=1S/C8H12INO2/c9-8(11)12-7-5-10-3-1-6(7)2-4-10/h6-7H,1-5H2/t7-/m0/s1. The van der Waals surface area contributed by atoms with Gasteiger partial charge in [-0.15, -0.1) is 0 Å². The number of piperidine rings is 3. The van der Waals surface area contributed by atoms with E-state index in [0.29, 0.717) is 5.92 Å². The second-order valence-electron chi connectivity index (χ2n) is 3.53. The second-order valence-corrected chi connectivity index (χ2v) is 4.41. The van der Waals surface area contributed by atoms with Crippen molar-refractivity contribution >= 4 is 26.6 Å². The van der Waals surface area contributed by atoms with Crippen molar-refractivity contribution in [1.82, 2.24) is 4.90 Å². The van der Waals surface area contributed by atoms with Crippen molar-refractivity contribution in [3.63, 3.8) is 0 Å². The van der Waals surface area contributed by atoms with E-state index in [-0.39, 0.29) is 10.1 Å². The van der Waals surface area contributed by atoms with Gasteiger partial charge in [-0.1, -0.05) is 0 Å². The molecule has 3 fully saturated rings. The number of fused-ring (bicyclic) bond motifs is 3. The molecule has 0 N–H and O–H groups in total. The van der Waals surface area contributed by atoms with Crippen LogP contribution in [0, 0.1) is 5.92 Å². The first-order chi connectivity index (χ1) is 5.75. The second kappa shape index (κ2) is 3.49. The lowest BCUT2D eigenvalue weighted by atomic mass is 9.86. The molecule has 0 saturated carbocycles. The van der Waals surface area contributed by atoms with Crippen molar-refractivity contribution in [3.8, 4) is 0 Å². The van der Waals surface area contributed by atoms with Gasteiger partial charge in [0.1, 0.15) is 6.10 Å². The van der Waals surface area contributed by atoms with E-state index in [4.69, 9.17) is 4.74 Å². The van der Waals surface area contributed by atoms with Crippen LogP contribution in [0.15, 0.2) is 0 Å². The van der Waals surface area contributed by atoms with E-state index in [1.807, 2.05) is 0 Å². The van der Waals surface area contributed by atoms with Crippen molar-refractivity contribution in [2.24, 2.45) is 5.92 Å². The van der Waals surface area contributed by atoms with Gasteiger partial charge >= 0.3 is 3.98 Å². The molecule has 68 valence electrons. The van der Waals surface area contributed by atoms with Gasteiger partial charge in [-0.3, -0.25) is 4.90 Å². The van der Waals surface area contributed by atoms with E-state index in [1.165, 1.54) is 25.9 Å². The molecule has 3 aliphatic heterocycles. The molecule has 0 amide bonds.